The molecule has 1 aromatic heterocycles. The second-order valence-corrected chi connectivity index (χ2v) is 7.81. The minimum absolute atomic E-state index is 0.0306. The first-order valence-corrected chi connectivity index (χ1v) is 9.61. The summed E-state index contributed by atoms with van der Waals surface area (Å²) in [7, 11) is 0. The van der Waals surface area contributed by atoms with Gasteiger partial charge in [0.1, 0.15) is 0 Å². The van der Waals surface area contributed by atoms with E-state index in [9.17, 15) is 4.79 Å². The summed E-state index contributed by atoms with van der Waals surface area (Å²) in [6, 6.07) is 6.45. The van der Waals surface area contributed by atoms with E-state index < -0.39 is 0 Å². The van der Waals surface area contributed by atoms with E-state index in [-0.39, 0.29) is 11.5 Å². The van der Waals surface area contributed by atoms with Crippen LogP contribution in [0.3, 0.4) is 0 Å². The Morgan fingerprint density at radius 1 is 1.17 bits per heavy atom. The van der Waals surface area contributed by atoms with Gasteiger partial charge >= 0.3 is 158 Å². The zero-order valence-corrected chi connectivity index (χ0v) is 17.6. The fourth-order valence-electron chi connectivity index (χ4n) is 3.12. The quantitative estimate of drug-likeness (QED) is 0.537. The average Bonchev–Trinajstić information content (AvgIpc) is 2.50. The van der Waals surface area contributed by atoms with Gasteiger partial charge in [0.2, 0.25) is 0 Å². The number of hydrogen-bond acceptors (Lipinski definition) is 2. The van der Waals surface area contributed by atoms with E-state index in [4.69, 9.17) is 12.2 Å². The zero-order valence-electron chi connectivity index (χ0n) is 15.0. The maximum atomic E-state index is 12.9. The Bertz CT molecular complexity index is 845. The van der Waals surface area contributed by atoms with Crippen LogP contribution in [0.25, 0.3) is 11.3 Å². The summed E-state index contributed by atoms with van der Waals surface area (Å²) >= 11 is 8.42. The van der Waals surface area contributed by atoms with Crippen molar-refractivity contribution < 1.29 is 0 Å². The molecule has 0 N–H and O–H groups in total. The van der Waals surface area contributed by atoms with Crippen molar-refractivity contribution in [2.75, 3.05) is 0 Å². The third kappa shape index (κ3) is 3.74. The molecule has 0 atom stereocenters. The summed E-state index contributed by atoms with van der Waals surface area (Å²) in [4.78, 5) is 12.9. The van der Waals surface area contributed by atoms with Gasteiger partial charge in [-0.25, -0.2) is 0 Å². The van der Waals surface area contributed by atoms with Crippen LogP contribution in [-0.4, -0.2) is 24.4 Å². The molecule has 2 rings (SSSR count). The van der Waals surface area contributed by atoms with Crippen LogP contribution in [0.5, 0.6) is 0 Å². The third-order valence-corrected chi connectivity index (χ3v) is 5.53. The number of aromatic nitrogens is 2. The van der Waals surface area contributed by atoms with Crippen LogP contribution in [0.1, 0.15) is 56.2 Å². The van der Waals surface area contributed by atoms with Crippen molar-refractivity contribution in [3.05, 3.63) is 50.0 Å². The Morgan fingerprint density at radius 2 is 1.75 bits per heavy atom. The molecule has 5 heteroatoms. The number of aryl methyl sites for hydroxylation is 2. The summed E-state index contributed by atoms with van der Waals surface area (Å²) < 4.78 is 4.17. The van der Waals surface area contributed by atoms with E-state index in [1.807, 2.05) is 0 Å². The van der Waals surface area contributed by atoms with E-state index in [2.05, 4.69) is 73.6 Å². The van der Waals surface area contributed by atoms with Crippen LogP contribution in [0.4, 0.5) is 0 Å². The van der Waals surface area contributed by atoms with Crippen molar-refractivity contribution in [1.82, 2.24) is 8.15 Å². The summed E-state index contributed by atoms with van der Waals surface area (Å²) in [6.45, 7) is 11.3. The van der Waals surface area contributed by atoms with E-state index in [1.54, 1.807) is 0 Å². The first-order chi connectivity index (χ1) is 11.3. The molecule has 0 amide bonds. The van der Waals surface area contributed by atoms with Crippen molar-refractivity contribution in [2.24, 2.45) is 0 Å². The van der Waals surface area contributed by atoms with Crippen LogP contribution in [0.15, 0.2) is 23.0 Å². The summed E-state index contributed by atoms with van der Waals surface area (Å²) in [6.07, 6.45) is 2.11. The van der Waals surface area contributed by atoms with Gasteiger partial charge in [-0.15, -0.1) is 0 Å². The van der Waals surface area contributed by atoms with Gasteiger partial charge in [0.15, 0.2) is 0 Å². The summed E-state index contributed by atoms with van der Waals surface area (Å²) in [5, 5.41) is 0. The maximum absolute atomic E-state index is 12.9. The van der Waals surface area contributed by atoms with Gasteiger partial charge < -0.3 is 0 Å². The number of benzene rings is 1. The normalized spacial score (nSPS) is 11.2. The second kappa shape index (κ2) is 7.81. The molecule has 0 saturated carbocycles. The topological polar surface area (TPSA) is 26.9 Å². The fraction of sp³-hybridized carbons (Fsp3) is 0.474. The van der Waals surface area contributed by atoms with Crippen molar-refractivity contribution in [2.45, 2.75) is 59.9 Å². The monoisotopic (exact) mass is 409 g/mol. The number of nitrogens with zero attached hydrogens (tertiary/aromatic N) is 2. The first kappa shape index (κ1) is 19.2. The Labute approximate surface area is 157 Å². The van der Waals surface area contributed by atoms with Gasteiger partial charge in [0.05, 0.1) is 0 Å². The fourth-order valence-corrected chi connectivity index (χ4v) is 3.79. The molecular formula is C19H25N2OSSe. The molecule has 0 aliphatic heterocycles. The molecule has 1 aromatic carbocycles. The van der Waals surface area contributed by atoms with Crippen LogP contribution < -0.4 is 5.56 Å². The summed E-state index contributed by atoms with van der Waals surface area (Å²) in [5.74, 6) is 0.122. The van der Waals surface area contributed by atoms with Crippen LogP contribution in [0, 0.1) is 18.6 Å². The molecule has 0 unspecified atom stereocenters. The molecule has 0 aliphatic rings. The van der Waals surface area contributed by atoms with Gasteiger partial charge in [0, 0.05) is 0 Å². The van der Waals surface area contributed by atoms with E-state index >= 15 is 0 Å². The van der Waals surface area contributed by atoms with Crippen LogP contribution >= 0.6 is 12.2 Å². The second-order valence-electron chi connectivity index (χ2n) is 6.68. The van der Waals surface area contributed by atoms with E-state index in [0.29, 0.717) is 4.77 Å². The molecule has 129 valence electrons. The molecule has 0 aliphatic carbocycles. The van der Waals surface area contributed by atoms with Crippen molar-refractivity contribution >= 4 is 28.4 Å². The molecule has 0 saturated heterocycles. The molecule has 1 radical (unpaired) electrons. The molecule has 2 aromatic rings. The number of rotatable bonds is 5. The van der Waals surface area contributed by atoms with Gasteiger partial charge in [-0.2, -0.15) is 0 Å². The van der Waals surface area contributed by atoms with Crippen LogP contribution in [0.2, 0.25) is 0 Å². The SMILES string of the molecule is CCCCn1c(-c2cc(C)cc(C)c2)c(C(C)C)c(=O)n([Se])c1=S. The average molecular weight is 408 g/mol. The van der Waals surface area contributed by atoms with Crippen molar-refractivity contribution in [3.63, 3.8) is 0 Å². The van der Waals surface area contributed by atoms with E-state index in [0.717, 1.165) is 36.2 Å². The number of unbranched alkanes of at least 4 members (excludes halogenated alkanes) is 1. The Kier molecular flexibility index (Phi) is 6.24. The Balaban J connectivity index is 2.93. The Morgan fingerprint density at radius 3 is 2.25 bits per heavy atom. The minimum atomic E-state index is -0.0306. The Hall–Kier alpha value is -1.16. The van der Waals surface area contributed by atoms with Gasteiger partial charge in [-0.05, 0) is 0 Å². The summed E-state index contributed by atoms with van der Waals surface area (Å²) in [5.41, 5.74) is 5.24. The standard InChI is InChI=1S/C19H25N2OSSe/c1-6-7-8-20-17(15-10-13(4)9-14(5)11-15)16(12(2)3)18(22)21(24)19(20)23/h9-12H,6-8H2,1-5H3. The molecule has 0 bridgehead atoms. The number of hydrogen-bond donors (Lipinski definition) is 0. The molecule has 1 heterocycles. The molecule has 0 fully saturated rings. The first-order valence-electron chi connectivity index (χ1n) is 8.43. The predicted octanol–water partition coefficient (Wildman–Crippen LogP) is 4.52. The molecule has 3 nitrogen and oxygen atoms in total. The van der Waals surface area contributed by atoms with Crippen LogP contribution in [-0.2, 0) is 6.54 Å². The van der Waals surface area contributed by atoms with Gasteiger partial charge in [0.25, 0.3) is 0 Å². The molecule has 24 heavy (non-hydrogen) atoms. The molecule has 0 spiro atoms. The zero-order chi connectivity index (χ0) is 18.0. The van der Waals surface area contributed by atoms with Gasteiger partial charge in [-0.3, -0.25) is 0 Å². The van der Waals surface area contributed by atoms with Crippen molar-refractivity contribution in [1.29, 1.82) is 0 Å². The predicted molar refractivity (Wildman–Crippen MR) is 105 cm³/mol. The van der Waals surface area contributed by atoms with Crippen molar-refractivity contribution in [3.8, 4) is 11.3 Å². The third-order valence-electron chi connectivity index (χ3n) is 4.15. The van der Waals surface area contributed by atoms with Gasteiger partial charge in [-0.1, -0.05) is 0 Å². The van der Waals surface area contributed by atoms with E-state index in [1.165, 1.54) is 14.7 Å². The molecular weight excluding hydrogens is 383 g/mol.